The molecule has 2 rings (SSSR count). The molecule has 0 bridgehead atoms. The molecule has 0 aliphatic rings. The van der Waals surface area contributed by atoms with Crippen LogP contribution in [0.1, 0.15) is 30.4 Å². The summed E-state index contributed by atoms with van der Waals surface area (Å²) < 4.78 is 0. The van der Waals surface area contributed by atoms with Crippen LogP contribution in [0.15, 0.2) is 48.8 Å². The van der Waals surface area contributed by atoms with Gasteiger partial charge in [0.05, 0.1) is 11.9 Å². The van der Waals surface area contributed by atoms with E-state index in [2.05, 4.69) is 54.5 Å². The Bertz CT molecular complexity index is 479. The first-order chi connectivity index (χ1) is 8.77. The predicted octanol–water partition coefficient (Wildman–Crippen LogP) is 4.00. The molecule has 1 aromatic carbocycles. The number of anilines is 1. The van der Waals surface area contributed by atoms with E-state index in [0.717, 1.165) is 18.7 Å². The smallest absolute Gasteiger partial charge is 0.0556 e. The van der Waals surface area contributed by atoms with Gasteiger partial charge in [-0.25, -0.2) is 0 Å². The van der Waals surface area contributed by atoms with Crippen LogP contribution in [0.4, 0.5) is 5.69 Å². The molecule has 2 heteroatoms. The van der Waals surface area contributed by atoms with E-state index in [1.807, 2.05) is 18.5 Å². The van der Waals surface area contributed by atoms with Gasteiger partial charge in [0.1, 0.15) is 0 Å². The van der Waals surface area contributed by atoms with Crippen LogP contribution in [0.3, 0.4) is 0 Å². The number of nitrogens with one attached hydrogen (secondary N) is 1. The molecule has 1 unspecified atom stereocenters. The first-order valence-electron chi connectivity index (χ1n) is 6.47. The van der Waals surface area contributed by atoms with E-state index in [1.165, 1.54) is 11.1 Å². The summed E-state index contributed by atoms with van der Waals surface area (Å²) in [4.78, 5) is 4.14. The molecule has 0 amide bonds. The fourth-order valence-electron chi connectivity index (χ4n) is 2.02. The number of benzene rings is 1. The van der Waals surface area contributed by atoms with E-state index in [-0.39, 0.29) is 0 Å². The second-order valence-corrected chi connectivity index (χ2v) is 4.72. The molecule has 0 fully saturated rings. The lowest BCUT2D eigenvalue weighted by Crippen LogP contribution is -2.07. The van der Waals surface area contributed by atoms with Gasteiger partial charge in [-0.3, -0.25) is 4.98 Å². The van der Waals surface area contributed by atoms with Gasteiger partial charge in [-0.1, -0.05) is 37.3 Å². The molecule has 1 atom stereocenters. The van der Waals surface area contributed by atoms with Crippen molar-refractivity contribution in [3.8, 4) is 0 Å². The minimum atomic E-state index is 0.579. The Morgan fingerprint density at radius 3 is 2.67 bits per heavy atom. The van der Waals surface area contributed by atoms with Gasteiger partial charge in [0.25, 0.3) is 0 Å². The number of hydrogen-bond acceptors (Lipinski definition) is 2. The van der Waals surface area contributed by atoms with Crippen LogP contribution >= 0.6 is 0 Å². The Hall–Kier alpha value is -1.83. The summed E-state index contributed by atoms with van der Waals surface area (Å²) >= 11 is 0. The van der Waals surface area contributed by atoms with Crippen LogP contribution < -0.4 is 5.32 Å². The van der Waals surface area contributed by atoms with Gasteiger partial charge in [0, 0.05) is 12.7 Å². The molecule has 0 saturated heterocycles. The predicted molar refractivity (Wildman–Crippen MR) is 76.9 cm³/mol. The van der Waals surface area contributed by atoms with Crippen LogP contribution in [0, 0.1) is 6.92 Å². The van der Waals surface area contributed by atoms with E-state index in [9.17, 15) is 0 Å². The molecule has 2 nitrogen and oxygen atoms in total. The molecule has 0 spiro atoms. The first kappa shape index (κ1) is 12.6. The van der Waals surface area contributed by atoms with Crippen LogP contribution in [0.25, 0.3) is 0 Å². The van der Waals surface area contributed by atoms with E-state index in [0.29, 0.717) is 5.92 Å². The average Bonchev–Trinajstić information content (AvgIpc) is 2.42. The van der Waals surface area contributed by atoms with Gasteiger partial charge in [-0.15, -0.1) is 0 Å². The van der Waals surface area contributed by atoms with Crippen molar-refractivity contribution in [2.75, 3.05) is 11.9 Å². The molecule has 0 aliphatic carbocycles. The molecule has 18 heavy (non-hydrogen) atoms. The monoisotopic (exact) mass is 240 g/mol. The summed E-state index contributed by atoms with van der Waals surface area (Å²) in [6.07, 6.45) is 4.84. The highest BCUT2D eigenvalue weighted by molar-refractivity contribution is 5.47. The molecule has 1 heterocycles. The largest absolute Gasteiger partial charge is 0.384 e. The highest BCUT2D eigenvalue weighted by Crippen LogP contribution is 2.19. The van der Waals surface area contributed by atoms with Gasteiger partial charge in [0.15, 0.2) is 0 Å². The van der Waals surface area contributed by atoms with Gasteiger partial charge in [0.2, 0.25) is 0 Å². The zero-order valence-corrected chi connectivity index (χ0v) is 11.1. The SMILES string of the molecule is Cc1ccncc1NCCC(C)c1ccccc1. The average molecular weight is 240 g/mol. The summed E-state index contributed by atoms with van der Waals surface area (Å²) in [5, 5.41) is 3.45. The number of pyridine rings is 1. The summed E-state index contributed by atoms with van der Waals surface area (Å²) in [5.74, 6) is 0.579. The van der Waals surface area contributed by atoms with Crippen molar-refractivity contribution < 1.29 is 0 Å². The summed E-state index contributed by atoms with van der Waals surface area (Å²) in [5.41, 5.74) is 3.79. The third-order valence-electron chi connectivity index (χ3n) is 3.30. The van der Waals surface area contributed by atoms with Crippen LogP contribution in [-0.4, -0.2) is 11.5 Å². The fraction of sp³-hybridized carbons (Fsp3) is 0.312. The van der Waals surface area contributed by atoms with Crippen LogP contribution in [-0.2, 0) is 0 Å². The maximum Gasteiger partial charge on any atom is 0.0556 e. The summed E-state index contributed by atoms with van der Waals surface area (Å²) in [7, 11) is 0. The van der Waals surface area contributed by atoms with Gasteiger partial charge >= 0.3 is 0 Å². The lowest BCUT2D eigenvalue weighted by Gasteiger charge is -2.13. The molecule has 1 N–H and O–H groups in total. The molecule has 0 radical (unpaired) electrons. The van der Waals surface area contributed by atoms with Gasteiger partial charge < -0.3 is 5.32 Å². The van der Waals surface area contributed by atoms with Crippen molar-refractivity contribution in [2.45, 2.75) is 26.2 Å². The molecule has 1 aromatic heterocycles. The second kappa shape index (κ2) is 6.20. The van der Waals surface area contributed by atoms with E-state index >= 15 is 0 Å². The second-order valence-electron chi connectivity index (χ2n) is 4.72. The lowest BCUT2D eigenvalue weighted by atomic mass is 9.98. The van der Waals surface area contributed by atoms with Gasteiger partial charge in [-0.2, -0.15) is 0 Å². The zero-order chi connectivity index (χ0) is 12.8. The Labute approximate surface area is 109 Å². The van der Waals surface area contributed by atoms with E-state index < -0.39 is 0 Å². The van der Waals surface area contributed by atoms with Crippen molar-refractivity contribution in [3.05, 3.63) is 59.9 Å². The number of aryl methyl sites for hydroxylation is 1. The number of hydrogen-bond donors (Lipinski definition) is 1. The van der Waals surface area contributed by atoms with E-state index in [1.54, 1.807) is 0 Å². The van der Waals surface area contributed by atoms with Crippen molar-refractivity contribution in [1.29, 1.82) is 0 Å². The maximum atomic E-state index is 4.14. The number of aromatic nitrogens is 1. The topological polar surface area (TPSA) is 24.9 Å². The van der Waals surface area contributed by atoms with Crippen LogP contribution in [0.2, 0.25) is 0 Å². The van der Waals surface area contributed by atoms with Crippen molar-refractivity contribution >= 4 is 5.69 Å². The molecule has 94 valence electrons. The quantitative estimate of drug-likeness (QED) is 0.854. The highest BCUT2D eigenvalue weighted by Gasteiger charge is 2.04. The van der Waals surface area contributed by atoms with Gasteiger partial charge in [-0.05, 0) is 36.5 Å². The third-order valence-corrected chi connectivity index (χ3v) is 3.30. The zero-order valence-electron chi connectivity index (χ0n) is 11.1. The summed E-state index contributed by atoms with van der Waals surface area (Å²) in [6, 6.07) is 12.7. The molecular formula is C16H20N2. The summed E-state index contributed by atoms with van der Waals surface area (Å²) in [6.45, 7) is 5.35. The molecule has 2 aromatic rings. The minimum Gasteiger partial charge on any atom is -0.384 e. The van der Waals surface area contributed by atoms with Crippen molar-refractivity contribution in [1.82, 2.24) is 4.98 Å². The Morgan fingerprint density at radius 1 is 1.17 bits per heavy atom. The van der Waals surface area contributed by atoms with Crippen LogP contribution in [0.5, 0.6) is 0 Å². The number of nitrogens with zero attached hydrogens (tertiary/aromatic N) is 1. The molecular weight excluding hydrogens is 220 g/mol. The molecule has 0 aliphatic heterocycles. The Kier molecular flexibility index (Phi) is 4.35. The van der Waals surface area contributed by atoms with Crippen molar-refractivity contribution in [2.24, 2.45) is 0 Å². The van der Waals surface area contributed by atoms with Crippen molar-refractivity contribution in [3.63, 3.8) is 0 Å². The molecule has 0 saturated carbocycles. The Morgan fingerprint density at radius 2 is 1.94 bits per heavy atom. The standard InChI is InChI=1S/C16H20N2/c1-13(15-6-4-3-5-7-15)9-11-18-16-12-17-10-8-14(16)2/h3-8,10,12-13,18H,9,11H2,1-2H3. The maximum absolute atomic E-state index is 4.14. The highest BCUT2D eigenvalue weighted by atomic mass is 14.9. The first-order valence-corrected chi connectivity index (χ1v) is 6.47. The van der Waals surface area contributed by atoms with E-state index in [4.69, 9.17) is 0 Å². The number of rotatable bonds is 5. The third kappa shape index (κ3) is 3.33. The fourth-order valence-corrected chi connectivity index (χ4v) is 2.02. The normalized spacial score (nSPS) is 12.1. The minimum absolute atomic E-state index is 0.579. The Balaban J connectivity index is 1.84. The lowest BCUT2D eigenvalue weighted by molar-refractivity contribution is 0.705.